The van der Waals surface area contributed by atoms with Crippen LogP contribution in [0.5, 0.6) is 0 Å². The van der Waals surface area contributed by atoms with Crippen LogP contribution < -0.4 is 3.71 Å². The number of rotatable bonds is 5. The van der Waals surface area contributed by atoms with Gasteiger partial charge in [0.1, 0.15) is 0 Å². The minimum absolute atomic E-state index is 0.0614. The number of amides is 1. The van der Waals surface area contributed by atoms with Gasteiger partial charge in [-0.05, 0) is 0 Å². The van der Waals surface area contributed by atoms with E-state index < -0.39 is 42.9 Å². The Morgan fingerprint density at radius 2 is 1.70 bits per heavy atom. The third-order valence-corrected chi connectivity index (χ3v) is 10.0. The van der Waals surface area contributed by atoms with Crippen molar-refractivity contribution in [2.75, 3.05) is 7.05 Å². The van der Waals surface area contributed by atoms with Crippen LogP contribution in [0.3, 0.4) is 0 Å². The molecule has 33 heavy (non-hydrogen) atoms. The molecule has 0 bridgehead atoms. The van der Waals surface area contributed by atoms with Gasteiger partial charge in [-0.2, -0.15) is 0 Å². The first-order chi connectivity index (χ1) is 15.2. The summed E-state index contributed by atoms with van der Waals surface area (Å²) in [5.41, 5.74) is 0.921. The van der Waals surface area contributed by atoms with E-state index in [2.05, 4.69) is 20.8 Å². The molecule has 3 rings (SSSR count). The van der Waals surface area contributed by atoms with Gasteiger partial charge in [-0.15, -0.1) is 0 Å². The van der Waals surface area contributed by atoms with Gasteiger partial charge in [0.05, 0.1) is 0 Å². The maximum absolute atomic E-state index is 13.6. The molecule has 0 atom stereocenters. The molecule has 0 saturated carbocycles. The summed E-state index contributed by atoms with van der Waals surface area (Å²) in [6.45, 7) is 12.1. The number of carbonyl (C=O) groups is 1. The molecule has 0 fully saturated rings. The van der Waals surface area contributed by atoms with E-state index in [1.54, 1.807) is 64.2 Å². The summed E-state index contributed by atoms with van der Waals surface area (Å²) in [5, 5.41) is 0. The molecule has 1 amide bonds. The van der Waals surface area contributed by atoms with Crippen LogP contribution in [0.4, 0.5) is 4.79 Å². The molecule has 0 unspecified atom stereocenters. The van der Waals surface area contributed by atoms with Crippen LogP contribution in [0.2, 0.25) is 3.43 Å². The number of nitrogens with zero attached hydrogens (tertiary/aromatic N) is 3. The second-order valence-corrected chi connectivity index (χ2v) is 18.3. The van der Waals surface area contributed by atoms with Crippen LogP contribution in [-0.2, 0) is 21.3 Å². The number of fused-ring (bicyclic) bond motifs is 1. The molecule has 0 spiro atoms. The number of benzene rings is 1. The Bertz CT molecular complexity index is 1260. The molecule has 9 heteroatoms. The fourth-order valence-corrected chi connectivity index (χ4v) is 8.03. The molecule has 0 aliphatic rings. The number of hydrogen-bond acceptors (Lipinski definition) is 5. The van der Waals surface area contributed by atoms with E-state index in [0.717, 1.165) is 3.71 Å². The molecular weight excluding hydrogens is 545 g/mol. The van der Waals surface area contributed by atoms with Crippen molar-refractivity contribution in [2.24, 2.45) is 0 Å². The van der Waals surface area contributed by atoms with E-state index in [1.807, 2.05) is 12.1 Å². The van der Waals surface area contributed by atoms with Crippen molar-refractivity contribution in [1.82, 2.24) is 13.9 Å². The van der Waals surface area contributed by atoms with Crippen molar-refractivity contribution in [1.29, 1.82) is 0 Å². The van der Waals surface area contributed by atoms with E-state index in [9.17, 15) is 13.2 Å². The van der Waals surface area contributed by atoms with Crippen molar-refractivity contribution < 1.29 is 17.9 Å². The van der Waals surface area contributed by atoms with E-state index in [1.165, 1.54) is 8.87 Å². The van der Waals surface area contributed by atoms with Gasteiger partial charge in [-0.1, -0.05) is 0 Å². The van der Waals surface area contributed by atoms with Gasteiger partial charge >= 0.3 is 207 Å². The first kappa shape index (κ1) is 25.5. The molecule has 7 nitrogen and oxygen atoms in total. The molecule has 0 aliphatic carbocycles. The Kier molecular flexibility index (Phi) is 7.19. The Hall–Kier alpha value is -2.07. The number of ether oxygens (including phenoxy) is 1. The minimum atomic E-state index is -3.90. The van der Waals surface area contributed by atoms with Gasteiger partial charge < -0.3 is 0 Å². The van der Waals surface area contributed by atoms with Crippen molar-refractivity contribution in [3.8, 4) is 0 Å². The Labute approximate surface area is 206 Å². The summed E-state index contributed by atoms with van der Waals surface area (Å²) in [7, 11) is -2.30. The fourth-order valence-electron chi connectivity index (χ4n) is 3.31. The average Bonchev–Trinajstić information content (AvgIpc) is 3.03. The Balaban J connectivity index is 2.12. The molecule has 0 N–H and O–H groups in total. The molecule has 2 radical (unpaired) electrons. The number of hydrogen-bond donors (Lipinski definition) is 0. The third-order valence-electron chi connectivity index (χ3n) is 4.57. The van der Waals surface area contributed by atoms with Crippen LogP contribution in [0.15, 0.2) is 53.4 Å². The van der Waals surface area contributed by atoms with Crippen molar-refractivity contribution in [2.45, 2.75) is 62.0 Å². The van der Waals surface area contributed by atoms with Crippen LogP contribution in [0.25, 0.3) is 11.0 Å². The molecule has 2 heterocycles. The maximum atomic E-state index is 13.6. The predicted octanol–water partition coefficient (Wildman–Crippen LogP) is 4.19. The molecule has 0 aliphatic heterocycles. The number of aromatic nitrogens is 2. The first-order valence-corrected chi connectivity index (χ1v) is 15.0. The normalized spacial score (nSPS) is 12.7. The van der Waals surface area contributed by atoms with Crippen LogP contribution in [0, 0.1) is 0 Å². The van der Waals surface area contributed by atoms with E-state index in [-0.39, 0.29) is 14.9 Å². The average molecular weight is 576 g/mol. The van der Waals surface area contributed by atoms with Gasteiger partial charge in [0.2, 0.25) is 0 Å². The van der Waals surface area contributed by atoms with Gasteiger partial charge in [0, 0.05) is 0 Å². The van der Waals surface area contributed by atoms with Gasteiger partial charge in [-0.25, -0.2) is 0 Å². The zero-order valence-corrected chi connectivity index (χ0v) is 23.9. The van der Waals surface area contributed by atoms with E-state index in [4.69, 9.17) is 9.72 Å². The summed E-state index contributed by atoms with van der Waals surface area (Å²) in [6.07, 6.45) is -0.521. The molecular formula is C24H31N3O4SSn. The summed E-state index contributed by atoms with van der Waals surface area (Å²) in [6, 6.07) is 13.8. The number of carbonyl (C=O) groups excluding carboxylic acids is 1. The van der Waals surface area contributed by atoms with E-state index >= 15 is 0 Å². The standard InChI is InChI=1S/C20H22N3O4S.C4H9.Sn/c1-20(2,3)27-19(24)22(4)14-15-13-17-18(11-8-12-21-17)23(15)28(25,26)16-9-6-5-7-10-16;1-4(2)3;/h5-11,13H,14H2,1-4H3;1-3H3;. The topological polar surface area (TPSA) is 81.5 Å². The van der Waals surface area contributed by atoms with Crippen molar-refractivity contribution in [3.63, 3.8) is 0 Å². The molecule has 2 aromatic heterocycles. The molecule has 3 aromatic rings. The summed E-state index contributed by atoms with van der Waals surface area (Å²) >= 11 is -0.975. The first-order valence-electron chi connectivity index (χ1n) is 10.7. The molecule has 176 valence electrons. The second kappa shape index (κ2) is 9.29. The zero-order valence-electron chi connectivity index (χ0n) is 20.2. The quantitative estimate of drug-likeness (QED) is 0.426. The fraction of sp³-hybridized carbons (Fsp3) is 0.417. The number of pyridine rings is 1. The summed E-state index contributed by atoms with van der Waals surface area (Å²) < 4.78 is 35.3. The zero-order chi connectivity index (χ0) is 24.6. The van der Waals surface area contributed by atoms with Gasteiger partial charge in [0.25, 0.3) is 0 Å². The van der Waals surface area contributed by atoms with Crippen molar-refractivity contribution >= 4 is 52.0 Å². The van der Waals surface area contributed by atoms with Crippen molar-refractivity contribution in [3.05, 3.63) is 54.2 Å². The van der Waals surface area contributed by atoms with Gasteiger partial charge in [0.15, 0.2) is 0 Å². The molecule has 1 aromatic carbocycles. The monoisotopic (exact) mass is 577 g/mol. The predicted molar refractivity (Wildman–Crippen MR) is 132 cm³/mol. The Morgan fingerprint density at radius 1 is 1.06 bits per heavy atom. The summed E-state index contributed by atoms with van der Waals surface area (Å²) in [5.74, 6) is 0. The third kappa shape index (κ3) is 6.29. The van der Waals surface area contributed by atoms with Crippen LogP contribution >= 0.6 is 0 Å². The van der Waals surface area contributed by atoms with Crippen LogP contribution in [-0.4, -0.2) is 62.2 Å². The SMILES string of the molecule is CN(Cc1cc2n[c]([Sn][C](C)(C)C)ccc2n1S(=O)(=O)c1ccccc1)C(=O)OC(C)(C)C. The summed E-state index contributed by atoms with van der Waals surface area (Å²) in [4.78, 5) is 18.9. The molecule has 0 saturated heterocycles. The Morgan fingerprint density at radius 3 is 2.27 bits per heavy atom. The van der Waals surface area contributed by atoms with Gasteiger partial charge in [-0.3, -0.25) is 0 Å². The van der Waals surface area contributed by atoms with Crippen LogP contribution in [0.1, 0.15) is 47.2 Å². The second-order valence-electron chi connectivity index (χ2n) is 10.0. The van der Waals surface area contributed by atoms with E-state index in [0.29, 0.717) is 16.7 Å².